The van der Waals surface area contributed by atoms with Crippen LogP contribution in [0.5, 0.6) is 0 Å². The number of hydrogen-bond acceptors (Lipinski definition) is 8. The van der Waals surface area contributed by atoms with Crippen LogP contribution in [-0.4, -0.2) is 45.5 Å². The van der Waals surface area contributed by atoms with Crippen molar-refractivity contribution >= 4 is 34.4 Å². The first kappa shape index (κ1) is 23.9. The molecule has 11 heteroatoms. The minimum Gasteiger partial charge on any atom is -0.383 e. The number of halogens is 3. The minimum atomic E-state index is -4.55. The Kier molecular flexibility index (Phi) is 5.36. The summed E-state index contributed by atoms with van der Waals surface area (Å²) in [5.41, 5.74) is 12.9. The number of nitrogen functional groups attached to an aromatic ring is 2. The van der Waals surface area contributed by atoms with E-state index in [9.17, 15) is 13.2 Å². The molecule has 4 heterocycles. The molecule has 4 atom stereocenters. The number of aromatic nitrogens is 3. The van der Waals surface area contributed by atoms with Crippen LogP contribution in [0.25, 0.3) is 17.0 Å². The number of fused-ring (bicyclic) bond motifs is 3. The standard InChI is InChI=1S/C26H27F3N6O2/c1-25(2)36-20-15(11-19(21(20)37-25)35-8-7-16-22(30)32-12-33-24(16)35)6-4-13-3-5-14-10-17(26(27,28)29)23(31)34-18(14)9-13/h3-6,9-10,12,15,19-21H,7-8,11H2,1-2H3,(H2,31,34)(H2,30,32,33)/b6-4+/t15-,19?,20-,21+/m0/s1. The fourth-order valence-corrected chi connectivity index (χ4v) is 5.81. The molecule has 0 bridgehead atoms. The van der Waals surface area contributed by atoms with E-state index in [0.29, 0.717) is 16.7 Å². The third-order valence-corrected chi connectivity index (χ3v) is 7.42. The molecule has 1 aliphatic carbocycles. The summed E-state index contributed by atoms with van der Waals surface area (Å²) in [6.45, 7) is 4.61. The van der Waals surface area contributed by atoms with E-state index in [1.165, 1.54) is 6.33 Å². The third kappa shape index (κ3) is 4.15. The van der Waals surface area contributed by atoms with Gasteiger partial charge in [0.1, 0.15) is 29.9 Å². The van der Waals surface area contributed by atoms with Gasteiger partial charge in [0.2, 0.25) is 0 Å². The van der Waals surface area contributed by atoms with Crippen LogP contribution in [-0.2, 0) is 22.1 Å². The summed E-state index contributed by atoms with van der Waals surface area (Å²) in [6, 6.07) is 6.22. The van der Waals surface area contributed by atoms with Crippen molar-refractivity contribution in [2.24, 2.45) is 5.92 Å². The summed E-state index contributed by atoms with van der Waals surface area (Å²) >= 11 is 0. The van der Waals surface area contributed by atoms with Crippen LogP contribution < -0.4 is 16.4 Å². The quantitative estimate of drug-likeness (QED) is 0.537. The van der Waals surface area contributed by atoms with Crippen molar-refractivity contribution in [3.05, 3.63) is 53.4 Å². The van der Waals surface area contributed by atoms with Crippen molar-refractivity contribution in [2.75, 3.05) is 22.9 Å². The molecule has 1 saturated heterocycles. The summed E-state index contributed by atoms with van der Waals surface area (Å²) in [5, 5.41) is 0.378. The number of alkyl halides is 3. The van der Waals surface area contributed by atoms with Crippen LogP contribution >= 0.6 is 0 Å². The maximum absolute atomic E-state index is 13.2. The number of pyridine rings is 1. The van der Waals surface area contributed by atoms with Gasteiger partial charge in [0, 0.05) is 23.4 Å². The maximum Gasteiger partial charge on any atom is 0.419 e. The summed E-state index contributed by atoms with van der Waals surface area (Å²) < 4.78 is 52.2. The van der Waals surface area contributed by atoms with Gasteiger partial charge in [-0.15, -0.1) is 0 Å². The molecule has 2 fully saturated rings. The van der Waals surface area contributed by atoms with Crippen molar-refractivity contribution < 1.29 is 22.6 Å². The van der Waals surface area contributed by atoms with Gasteiger partial charge >= 0.3 is 6.18 Å². The Hall–Kier alpha value is -3.44. The highest BCUT2D eigenvalue weighted by atomic mass is 19.4. The molecule has 0 radical (unpaired) electrons. The highest BCUT2D eigenvalue weighted by Crippen LogP contribution is 2.46. The van der Waals surface area contributed by atoms with Gasteiger partial charge in [-0.1, -0.05) is 24.3 Å². The topological polar surface area (TPSA) is 112 Å². The lowest BCUT2D eigenvalue weighted by Gasteiger charge is -2.31. The lowest BCUT2D eigenvalue weighted by molar-refractivity contribution is -0.155. The van der Waals surface area contributed by atoms with E-state index in [2.05, 4.69) is 25.9 Å². The van der Waals surface area contributed by atoms with E-state index in [0.717, 1.165) is 42.4 Å². The van der Waals surface area contributed by atoms with Gasteiger partial charge in [0.25, 0.3) is 0 Å². The van der Waals surface area contributed by atoms with E-state index in [4.69, 9.17) is 20.9 Å². The number of rotatable bonds is 3. The second-order valence-corrected chi connectivity index (χ2v) is 10.3. The molecule has 1 aromatic carbocycles. The third-order valence-electron chi connectivity index (χ3n) is 7.42. The number of hydrogen-bond donors (Lipinski definition) is 2. The molecule has 4 N–H and O–H groups in total. The molecule has 0 spiro atoms. The highest BCUT2D eigenvalue weighted by molar-refractivity contribution is 5.84. The van der Waals surface area contributed by atoms with Gasteiger partial charge < -0.3 is 25.8 Å². The van der Waals surface area contributed by atoms with Crippen LogP contribution in [0.15, 0.2) is 36.7 Å². The zero-order valence-corrected chi connectivity index (χ0v) is 20.4. The van der Waals surface area contributed by atoms with Crippen molar-refractivity contribution in [1.82, 2.24) is 15.0 Å². The molecule has 194 valence electrons. The van der Waals surface area contributed by atoms with Crippen LogP contribution in [0.4, 0.5) is 30.6 Å². The Morgan fingerprint density at radius 3 is 2.65 bits per heavy atom. The van der Waals surface area contributed by atoms with Crippen molar-refractivity contribution in [3.63, 3.8) is 0 Å². The molecule has 1 unspecified atom stereocenters. The molecule has 2 aromatic heterocycles. The van der Waals surface area contributed by atoms with Gasteiger partial charge in [0.05, 0.1) is 23.2 Å². The molecule has 37 heavy (non-hydrogen) atoms. The first-order valence-electron chi connectivity index (χ1n) is 12.2. The van der Waals surface area contributed by atoms with E-state index >= 15 is 0 Å². The Bertz CT molecular complexity index is 1410. The minimum absolute atomic E-state index is 0.0517. The normalized spacial score (nSPS) is 26.8. The molecule has 8 nitrogen and oxygen atoms in total. The predicted octanol–water partition coefficient (Wildman–Crippen LogP) is 4.19. The monoisotopic (exact) mass is 512 g/mol. The summed E-state index contributed by atoms with van der Waals surface area (Å²) in [6.07, 6.45) is 2.25. The average molecular weight is 513 g/mol. The van der Waals surface area contributed by atoms with E-state index in [1.807, 2.05) is 19.9 Å². The molecule has 3 aromatic rings. The molecule has 2 aliphatic heterocycles. The average Bonchev–Trinajstić information content (AvgIpc) is 3.48. The SMILES string of the molecule is CC1(C)O[C@@H]2[C@H](O1)C(N1CCc3c(N)ncnc31)C[C@@H]2/C=C/c1ccc2cc(C(F)(F)F)c(N)nc2c1. The Labute approximate surface area is 211 Å². The number of benzene rings is 1. The van der Waals surface area contributed by atoms with E-state index in [1.54, 1.807) is 18.2 Å². The van der Waals surface area contributed by atoms with Gasteiger partial charge in [-0.25, -0.2) is 15.0 Å². The van der Waals surface area contributed by atoms with Crippen LogP contribution in [0.3, 0.4) is 0 Å². The number of anilines is 3. The van der Waals surface area contributed by atoms with Gasteiger partial charge in [0.15, 0.2) is 5.79 Å². The van der Waals surface area contributed by atoms with E-state index in [-0.39, 0.29) is 24.2 Å². The van der Waals surface area contributed by atoms with Gasteiger partial charge in [-0.05, 0) is 44.4 Å². The summed E-state index contributed by atoms with van der Waals surface area (Å²) in [4.78, 5) is 14.9. The van der Waals surface area contributed by atoms with Crippen LogP contribution in [0.1, 0.15) is 37.0 Å². The molecule has 1 saturated carbocycles. The zero-order chi connectivity index (χ0) is 26.1. The van der Waals surface area contributed by atoms with Gasteiger partial charge in [-0.2, -0.15) is 13.2 Å². The Balaban J connectivity index is 1.28. The Morgan fingerprint density at radius 1 is 1.08 bits per heavy atom. The van der Waals surface area contributed by atoms with Crippen molar-refractivity contribution in [2.45, 2.75) is 56.9 Å². The van der Waals surface area contributed by atoms with Crippen molar-refractivity contribution in [1.29, 1.82) is 0 Å². The maximum atomic E-state index is 13.2. The summed E-state index contributed by atoms with van der Waals surface area (Å²) in [7, 11) is 0. The molecule has 3 aliphatic rings. The number of nitrogens with zero attached hydrogens (tertiary/aromatic N) is 4. The second kappa shape index (κ2) is 8.29. The van der Waals surface area contributed by atoms with Crippen LogP contribution in [0.2, 0.25) is 0 Å². The lowest BCUT2D eigenvalue weighted by atomic mass is 10.0. The first-order chi connectivity index (χ1) is 17.5. The van der Waals surface area contributed by atoms with Gasteiger partial charge in [-0.3, -0.25) is 0 Å². The fraction of sp³-hybridized carbons (Fsp3) is 0.423. The molecule has 6 rings (SSSR count). The number of ether oxygens (including phenoxy) is 2. The van der Waals surface area contributed by atoms with Crippen molar-refractivity contribution in [3.8, 4) is 0 Å². The van der Waals surface area contributed by atoms with Crippen LogP contribution in [0, 0.1) is 5.92 Å². The predicted molar refractivity (Wildman–Crippen MR) is 133 cm³/mol. The number of nitrogens with two attached hydrogens (primary N) is 2. The largest absolute Gasteiger partial charge is 0.419 e. The summed E-state index contributed by atoms with van der Waals surface area (Å²) in [5.74, 6) is 0.174. The molecular weight excluding hydrogens is 485 g/mol. The Morgan fingerprint density at radius 2 is 1.86 bits per heavy atom. The second-order valence-electron chi connectivity index (χ2n) is 10.3. The lowest BCUT2D eigenvalue weighted by Crippen LogP contribution is -2.43. The molecular formula is C26H27F3N6O2. The zero-order valence-electron chi connectivity index (χ0n) is 20.4. The highest BCUT2D eigenvalue weighted by Gasteiger charge is 2.55. The molecule has 0 amide bonds. The smallest absolute Gasteiger partial charge is 0.383 e. The first-order valence-corrected chi connectivity index (χ1v) is 12.2. The fourth-order valence-electron chi connectivity index (χ4n) is 5.81. The van der Waals surface area contributed by atoms with E-state index < -0.39 is 23.3 Å².